The number of hydrogen-bond acceptors (Lipinski definition) is 7. The predicted molar refractivity (Wildman–Crippen MR) is 107 cm³/mol. The van der Waals surface area contributed by atoms with Gasteiger partial charge >= 0.3 is 0 Å². The highest BCUT2D eigenvalue weighted by Crippen LogP contribution is 2.40. The minimum absolute atomic E-state index is 0.186. The van der Waals surface area contributed by atoms with Gasteiger partial charge in [0.1, 0.15) is 10.7 Å². The van der Waals surface area contributed by atoms with E-state index < -0.39 is 6.43 Å². The fourth-order valence-corrected chi connectivity index (χ4v) is 4.39. The van der Waals surface area contributed by atoms with Gasteiger partial charge in [0, 0.05) is 39.4 Å². The van der Waals surface area contributed by atoms with Crippen LogP contribution >= 0.6 is 11.3 Å². The zero-order valence-electron chi connectivity index (χ0n) is 15.9. The number of fused-ring (bicyclic) bond motifs is 2. The van der Waals surface area contributed by atoms with Gasteiger partial charge in [-0.25, -0.2) is 18.8 Å². The van der Waals surface area contributed by atoms with E-state index >= 15 is 0 Å². The maximum absolute atomic E-state index is 13.3. The number of benzene rings is 1. The molecule has 0 spiro atoms. The molecule has 1 aromatic heterocycles. The third kappa shape index (κ3) is 3.74. The highest BCUT2D eigenvalue weighted by Gasteiger charge is 2.32. The smallest absolute Gasteiger partial charge is 0.289 e. The minimum Gasteiger partial charge on any atom is -0.385 e. The Morgan fingerprint density at radius 3 is 2.93 bits per heavy atom. The summed E-state index contributed by atoms with van der Waals surface area (Å²) in [6, 6.07) is 7.95. The summed E-state index contributed by atoms with van der Waals surface area (Å²) >= 11 is 0.993. The molecule has 2 aliphatic heterocycles. The van der Waals surface area contributed by atoms with Crippen LogP contribution in [0, 0.1) is 0 Å². The number of methoxy groups -OCH3 is 1. The summed E-state index contributed by atoms with van der Waals surface area (Å²) in [5.41, 5.74) is 2.09. The maximum Gasteiger partial charge on any atom is 0.289 e. The van der Waals surface area contributed by atoms with Crippen molar-refractivity contribution in [1.29, 1.82) is 0 Å². The molecular formula is C19H23F2N5OS. The van der Waals surface area contributed by atoms with E-state index in [1.54, 1.807) is 7.11 Å². The number of alkyl halides is 2. The molecular weight excluding hydrogens is 384 g/mol. The first kappa shape index (κ1) is 19.2. The van der Waals surface area contributed by atoms with Crippen LogP contribution < -0.4 is 5.32 Å². The number of halogens is 2. The highest BCUT2D eigenvalue weighted by atomic mass is 32.1. The SMILES string of the molecule is COCC[C@H]1CN(C2=Nc3ccccc3Nc3sc(C(F)F)nc32)CCN1C. The summed E-state index contributed by atoms with van der Waals surface area (Å²) in [6.45, 7) is 3.06. The van der Waals surface area contributed by atoms with Crippen LogP contribution in [-0.2, 0) is 4.74 Å². The molecule has 1 aromatic carbocycles. The van der Waals surface area contributed by atoms with Crippen LogP contribution in [0.3, 0.4) is 0 Å². The van der Waals surface area contributed by atoms with E-state index in [1.165, 1.54) is 0 Å². The number of nitrogens with one attached hydrogen (secondary N) is 1. The van der Waals surface area contributed by atoms with E-state index in [0.717, 1.165) is 48.8 Å². The van der Waals surface area contributed by atoms with Crippen molar-refractivity contribution in [2.24, 2.45) is 4.99 Å². The molecule has 9 heteroatoms. The number of rotatable bonds is 4. The van der Waals surface area contributed by atoms with E-state index in [1.807, 2.05) is 24.3 Å². The zero-order valence-corrected chi connectivity index (χ0v) is 16.7. The van der Waals surface area contributed by atoms with Gasteiger partial charge < -0.3 is 15.0 Å². The number of hydrogen-bond donors (Lipinski definition) is 1. The van der Waals surface area contributed by atoms with Crippen molar-refractivity contribution < 1.29 is 13.5 Å². The lowest BCUT2D eigenvalue weighted by molar-refractivity contribution is 0.100. The standard InChI is InChI=1S/C19H23F2N5OS/c1-25-8-9-26(11-12(25)7-10-27-2)17-15-18(28-19(24-15)16(20)21)23-14-6-4-3-5-13(14)22-17/h3-6,12,16,23H,7-11H2,1-2H3/t12-/m0/s1. The van der Waals surface area contributed by atoms with Crippen LogP contribution in [0.15, 0.2) is 29.3 Å². The third-order valence-corrected chi connectivity index (χ3v) is 6.13. The normalized spacial score (nSPS) is 19.7. The van der Waals surface area contributed by atoms with E-state index in [2.05, 4.69) is 27.1 Å². The van der Waals surface area contributed by atoms with Crippen LogP contribution in [0.4, 0.5) is 25.2 Å². The van der Waals surface area contributed by atoms with Crippen molar-refractivity contribution in [2.75, 3.05) is 45.7 Å². The lowest BCUT2D eigenvalue weighted by atomic mass is 10.1. The van der Waals surface area contributed by atoms with Crippen molar-refractivity contribution >= 4 is 33.5 Å². The third-order valence-electron chi connectivity index (χ3n) is 5.15. The Bertz CT molecular complexity index is 872. The van der Waals surface area contributed by atoms with E-state index in [4.69, 9.17) is 9.73 Å². The molecule has 1 N–H and O–H groups in total. The van der Waals surface area contributed by atoms with E-state index in [0.29, 0.717) is 29.2 Å². The molecule has 3 heterocycles. The molecule has 6 nitrogen and oxygen atoms in total. The van der Waals surface area contributed by atoms with Crippen LogP contribution in [-0.4, -0.2) is 67.1 Å². The lowest BCUT2D eigenvalue weighted by Gasteiger charge is -2.40. The van der Waals surface area contributed by atoms with Crippen molar-refractivity contribution in [1.82, 2.24) is 14.8 Å². The van der Waals surface area contributed by atoms with E-state index in [-0.39, 0.29) is 5.01 Å². The number of anilines is 2. The Balaban J connectivity index is 1.72. The lowest BCUT2D eigenvalue weighted by Crippen LogP contribution is -2.53. The maximum atomic E-state index is 13.3. The Hall–Kier alpha value is -2.10. The van der Waals surface area contributed by atoms with Crippen LogP contribution in [0.5, 0.6) is 0 Å². The highest BCUT2D eigenvalue weighted by molar-refractivity contribution is 7.16. The summed E-state index contributed by atoms with van der Waals surface area (Å²) in [4.78, 5) is 13.6. The van der Waals surface area contributed by atoms with Gasteiger partial charge in [-0.05, 0) is 25.6 Å². The second-order valence-electron chi connectivity index (χ2n) is 6.97. The number of aromatic nitrogens is 1. The molecule has 1 fully saturated rings. The number of aliphatic imine (C=N–C) groups is 1. The molecule has 0 radical (unpaired) electrons. The van der Waals surface area contributed by atoms with Gasteiger partial charge in [0.25, 0.3) is 6.43 Å². The van der Waals surface area contributed by atoms with Crippen LogP contribution in [0.2, 0.25) is 0 Å². The fourth-order valence-electron chi connectivity index (χ4n) is 3.56. The number of ether oxygens (including phenoxy) is 1. The second-order valence-corrected chi connectivity index (χ2v) is 8.00. The molecule has 0 aliphatic carbocycles. The number of nitrogens with zero attached hydrogens (tertiary/aromatic N) is 4. The molecule has 28 heavy (non-hydrogen) atoms. The molecule has 4 rings (SSSR count). The average Bonchev–Trinajstić information content (AvgIpc) is 3.04. The monoisotopic (exact) mass is 407 g/mol. The molecule has 150 valence electrons. The first-order valence-corrected chi connectivity index (χ1v) is 10.1. The number of piperazine rings is 1. The van der Waals surface area contributed by atoms with Gasteiger partial charge in [0.15, 0.2) is 10.8 Å². The number of para-hydroxylation sites is 2. The van der Waals surface area contributed by atoms with Crippen molar-refractivity contribution in [3.8, 4) is 0 Å². The van der Waals surface area contributed by atoms with Gasteiger partial charge in [-0.3, -0.25) is 4.90 Å². The Labute approximate surface area is 166 Å². The fraction of sp³-hybridized carbons (Fsp3) is 0.474. The van der Waals surface area contributed by atoms with Gasteiger partial charge in [-0.2, -0.15) is 0 Å². The van der Waals surface area contributed by atoms with Crippen molar-refractivity contribution in [2.45, 2.75) is 18.9 Å². The Morgan fingerprint density at radius 2 is 2.14 bits per heavy atom. The molecule has 1 saturated heterocycles. The predicted octanol–water partition coefficient (Wildman–Crippen LogP) is 3.87. The summed E-state index contributed by atoms with van der Waals surface area (Å²) in [5.74, 6) is 0.658. The summed E-state index contributed by atoms with van der Waals surface area (Å²) in [5, 5.41) is 3.68. The van der Waals surface area contributed by atoms with Gasteiger partial charge in [-0.15, -0.1) is 0 Å². The molecule has 0 saturated carbocycles. The number of amidine groups is 1. The summed E-state index contributed by atoms with van der Waals surface area (Å²) in [7, 11) is 3.80. The average molecular weight is 407 g/mol. The number of likely N-dealkylation sites (N-methyl/N-ethyl adjacent to an activating group) is 1. The first-order valence-electron chi connectivity index (χ1n) is 9.25. The first-order chi connectivity index (χ1) is 13.6. The van der Waals surface area contributed by atoms with Crippen molar-refractivity contribution in [3.63, 3.8) is 0 Å². The molecule has 0 amide bonds. The Kier molecular flexibility index (Phi) is 5.56. The van der Waals surface area contributed by atoms with E-state index in [9.17, 15) is 8.78 Å². The molecule has 2 aromatic rings. The quantitative estimate of drug-likeness (QED) is 0.834. The molecule has 0 unspecified atom stereocenters. The van der Waals surface area contributed by atoms with Gasteiger partial charge in [0.2, 0.25) is 0 Å². The number of thiazole rings is 1. The van der Waals surface area contributed by atoms with Crippen molar-refractivity contribution in [3.05, 3.63) is 35.0 Å². The van der Waals surface area contributed by atoms with Crippen LogP contribution in [0.25, 0.3) is 0 Å². The van der Waals surface area contributed by atoms with Gasteiger partial charge in [-0.1, -0.05) is 23.5 Å². The zero-order chi connectivity index (χ0) is 19.7. The summed E-state index contributed by atoms with van der Waals surface area (Å²) < 4.78 is 31.9. The Morgan fingerprint density at radius 1 is 1.32 bits per heavy atom. The molecule has 1 atom stereocenters. The second kappa shape index (κ2) is 8.10. The minimum atomic E-state index is -2.60. The molecule has 2 aliphatic rings. The van der Waals surface area contributed by atoms with Crippen LogP contribution in [0.1, 0.15) is 23.5 Å². The van der Waals surface area contributed by atoms with Gasteiger partial charge in [0.05, 0.1) is 11.4 Å². The topological polar surface area (TPSA) is 53.0 Å². The summed E-state index contributed by atoms with van der Waals surface area (Å²) in [6.07, 6.45) is -1.70. The largest absolute Gasteiger partial charge is 0.385 e. The molecule has 0 bridgehead atoms.